The first-order valence-corrected chi connectivity index (χ1v) is 8.46. The average molecular weight is 340 g/mol. The maximum absolute atomic E-state index is 12.8. The van der Waals surface area contributed by atoms with Crippen LogP contribution in [0.5, 0.6) is 11.5 Å². The predicted molar refractivity (Wildman–Crippen MR) is 98.8 cm³/mol. The average Bonchev–Trinajstić information content (AvgIpc) is 2.67. The summed E-state index contributed by atoms with van der Waals surface area (Å²) < 4.78 is 10.8. The normalized spacial score (nSPS) is 14.4. The highest BCUT2D eigenvalue weighted by atomic mass is 16.5. The second-order valence-electron chi connectivity index (χ2n) is 6.15. The van der Waals surface area contributed by atoms with Crippen LogP contribution in [0.3, 0.4) is 0 Å². The Morgan fingerprint density at radius 3 is 2.28 bits per heavy atom. The monoisotopic (exact) mass is 340 g/mol. The Morgan fingerprint density at radius 2 is 1.60 bits per heavy atom. The van der Waals surface area contributed by atoms with Crippen molar-refractivity contribution in [2.75, 3.05) is 45.3 Å². The zero-order valence-corrected chi connectivity index (χ0v) is 15.0. The van der Waals surface area contributed by atoms with Gasteiger partial charge in [0.25, 0.3) is 5.91 Å². The van der Waals surface area contributed by atoms with E-state index >= 15 is 0 Å². The van der Waals surface area contributed by atoms with Gasteiger partial charge in [0.1, 0.15) is 11.5 Å². The smallest absolute Gasteiger partial charge is 0.257 e. The van der Waals surface area contributed by atoms with Gasteiger partial charge in [-0.1, -0.05) is 18.2 Å². The summed E-state index contributed by atoms with van der Waals surface area (Å²) in [5, 5.41) is 0. The van der Waals surface area contributed by atoms with Gasteiger partial charge in [0, 0.05) is 26.2 Å². The van der Waals surface area contributed by atoms with Gasteiger partial charge in [0.15, 0.2) is 0 Å². The van der Waals surface area contributed by atoms with E-state index in [0.717, 1.165) is 24.5 Å². The molecule has 2 aromatic rings. The van der Waals surface area contributed by atoms with E-state index in [9.17, 15) is 4.79 Å². The number of aryl methyl sites for hydroxylation is 1. The Balaban J connectivity index is 1.72. The Morgan fingerprint density at radius 1 is 0.920 bits per heavy atom. The van der Waals surface area contributed by atoms with Crippen LogP contribution in [0.15, 0.2) is 42.5 Å². The van der Waals surface area contributed by atoms with E-state index in [1.165, 1.54) is 5.56 Å². The molecule has 0 unspecified atom stereocenters. The molecule has 3 rings (SSSR count). The summed E-state index contributed by atoms with van der Waals surface area (Å²) in [6.07, 6.45) is 0. The molecular weight excluding hydrogens is 316 g/mol. The zero-order valence-electron chi connectivity index (χ0n) is 15.0. The first kappa shape index (κ1) is 17.1. The summed E-state index contributed by atoms with van der Waals surface area (Å²) in [6.45, 7) is 4.98. The van der Waals surface area contributed by atoms with Crippen LogP contribution in [0.4, 0.5) is 5.69 Å². The first-order valence-electron chi connectivity index (χ1n) is 8.46. The Hall–Kier alpha value is -2.69. The number of nitrogens with zero attached hydrogens (tertiary/aromatic N) is 2. The zero-order chi connectivity index (χ0) is 17.8. The molecule has 5 heteroatoms. The van der Waals surface area contributed by atoms with Crippen molar-refractivity contribution in [1.82, 2.24) is 4.90 Å². The van der Waals surface area contributed by atoms with Crippen LogP contribution in [0, 0.1) is 6.92 Å². The molecule has 1 fully saturated rings. The molecular formula is C20H24N2O3. The minimum atomic E-state index is 0.0216. The van der Waals surface area contributed by atoms with Crippen molar-refractivity contribution in [3.8, 4) is 11.5 Å². The van der Waals surface area contributed by atoms with Gasteiger partial charge in [0.05, 0.1) is 25.5 Å². The molecule has 0 spiro atoms. The summed E-state index contributed by atoms with van der Waals surface area (Å²) >= 11 is 0. The highest BCUT2D eigenvalue weighted by molar-refractivity contribution is 5.97. The second kappa shape index (κ2) is 7.47. The van der Waals surface area contributed by atoms with Gasteiger partial charge in [-0.25, -0.2) is 0 Å². The van der Waals surface area contributed by atoms with E-state index in [0.29, 0.717) is 24.4 Å². The number of rotatable bonds is 4. The number of para-hydroxylation sites is 1. The third kappa shape index (κ3) is 3.55. The number of carbonyl (C=O) groups is 1. The quantitative estimate of drug-likeness (QED) is 0.858. The number of ether oxygens (including phenoxy) is 2. The lowest BCUT2D eigenvalue weighted by Gasteiger charge is -2.37. The lowest BCUT2D eigenvalue weighted by Crippen LogP contribution is -2.49. The van der Waals surface area contributed by atoms with Crippen LogP contribution in [0.1, 0.15) is 15.9 Å². The molecule has 0 aromatic heterocycles. The number of methoxy groups -OCH3 is 2. The van der Waals surface area contributed by atoms with Crippen LogP contribution in [-0.4, -0.2) is 51.2 Å². The molecule has 1 heterocycles. The van der Waals surface area contributed by atoms with E-state index in [-0.39, 0.29) is 5.91 Å². The minimum absolute atomic E-state index is 0.0216. The van der Waals surface area contributed by atoms with Crippen LogP contribution < -0.4 is 14.4 Å². The lowest BCUT2D eigenvalue weighted by molar-refractivity contribution is 0.0743. The molecule has 1 saturated heterocycles. The Labute approximate surface area is 148 Å². The fraction of sp³-hybridized carbons (Fsp3) is 0.350. The van der Waals surface area contributed by atoms with E-state index in [2.05, 4.69) is 17.9 Å². The van der Waals surface area contributed by atoms with Gasteiger partial charge in [-0.15, -0.1) is 0 Å². The number of benzene rings is 2. The number of hydrogen-bond donors (Lipinski definition) is 0. The van der Waals surface area contributed by atoms with E-state index < -0.39 is 0 Å². The van der Waals surface area contributed by atoms with Crippen LogP contribution in [0.2, 0.25) is 0 Å². The fourth-order valence-corrected chi connectivity index (χ4v) is 3.19. The molecule has 2 aromatic carbocycles. The number of hydrogen-bond acceptors (Lipinski definition) is 4. The van der Waals surface area contributed by atoms with Gasteiger partial charge in [-0.3, -0.25) is 4.79 Å². The molecule has 25 heavy (non-hydrogen) atoms. The molecule has 1 aliphatic heterocycles. The summed E-state index contributed by atoms with van der Waals surface area (Å²) in [5.41, 5.74) is 2.90. The van der Waals surface area contributed by atoms with Crippen molar-refractivity contribution in [2.24, 2.45) is 0 Å². The molecule has 0 aliphatic carbocycles. The van der Waals surface area contributed by atoms with Crippen molar-refractivity contribution in [3.63, 3.8) is 0 Å². The van der Waals surface area contributed by atoms with Crippen molar-refractivity contribution in [2.45, 2.75) is 6.92 Å². The maximum Gasteiger partial charge on any atom is 0.257 e. The van der Waals surface area contributed by atoms with Gasteiger partial charge >= 0.3 is 0 Å². The standard InChI is InChI=1S/C20H24N2O3/c1-15-8-9-19(25-3)17(14-15)21-10-12-22(13-11-21)20(23)16-6-4-5-7-18(16)24-2/h4-9,14H,10-13H2,1-3H3. The van der Waals surface area contributed by atoms with Crippen LogP contribution >= 0.6 is 0 Å². The van der Waals surface area contributed by atoms with Gasteiger partial charge in [0.2, 0.25) is 0 Å². The van der Waals surface area contributed by atoms with E-state index in [1.807, 2.05) is 41.3 Å². The lowest BCUT2D eigenvalue weighted by atomic mass is 10.1. The summed E-state index contributed by atoms with van der Waals surface area (Å²) in [5.74, 6) is 1.51. The molecule has 5 nitrogen and oxygen atoms in total. The molecule has 0 bridgehead atoms. The third-order valence-electron chi connectivity index (χ3n) is 4.58. The molecule has 1 amide bonds. The largest absolute Gasteiger partial charge is 0.496 e. The second-order valence-corrected chi connectivity index (χ2v) is 6.15. The molecule has 1 aliphatic rings. The van der Waals surface area contributed by atoms with Crippen molar-refractivity contribution in [3.05, 3.63) is 53.6 Å². The van der Waals surface area contributed by atoms with Crippen molar-refractivity contribution >= 4 is 11.6 Å². The molecule has 0 radical (unpaired) electrons. The van der Waals surface area contributed by atoms with E-state index in [4.69, 9.17) is 9.47 Å². The van der Waals surface area contributed by atoms with Crippen LogP contribution in [0.25, 0.3) is 0 Å². The predicted octanol–water partition coefficient (Wildman–Crippen LogP) is 2.97. The number of anilines is 1. The van der Waals surface area contributed by atoms with Gasteiger partial charge < -0.3 is 19.3 Å². The molecule has 0 saturated carbocycles. The van der Waals surface area contributed by atoms with Crippen LogP contribution in [-0.2, 0) is 0 Å². The minimum Gasteiger partial charge on any atom is -0.496 e. The van der Waals surface area contributed by atoms with Gasteiger partial charge in [-0.2, -0.15) is 0 Å². The highest BCUT2D eigenvalue weighted by Gasteiger charge is 2.25. The SMILES string of the molecule is COc1ccccc1C(=O)N1CCN(c2cc(C)ccc2OC)CC1. The van der Waals surface area contributed by atoms with E-state index in [1.54, 1.807) is 14.2 Å². The first-order chi connectivity index (χ1) is 12.1. The third-order valence-corrected chi connectivity index (χ3v) is 4.58. The Kier molecular flexibility index (Phi) is 5.12. The Bertz CT molecular complexity index is 752. The maximum atomic E-state index is 12.8. The molecule has 132 valence electrons. The summed E-state index contributed by atoms with van der Waals surface area (Å²) in [6, 6.07) is 13.6. The topological polar surface area (TPSA) is 42.0 Å². The number of piperazine rings is 1. The van der Waals surface area contributed by atoms with Gasteiger partial charge in [-0.05, 0) is 36.8 Å². The number of amides is 1. The number of carbonyl (C=O) groups excluding carboxylic acids is 1. The summed E-state index contributed by atoms with van der Waals surface area (Å²) in [4.78, 5) is 17.0. The fourth-order valence-electron chi connectivity index (χ4n) is 3.19. The van der Waals surface area contributed by atoms with Crippen molar-refractivity contribution < 1.29 is 14.3 Å². The molecule has 0 N–H and O–H groups in total. The summed E-state index contributed by atoms with van der Waals surface area (Å²) in [7, 11) is 3.28. The highest BCUT2D eigenvalue weighted by Crippen LogP contribution is 2.30. The van der Waals surface area contributed by atoms with Crippen molar-refractivity contribution in [1.29, 1.82) is 0 Å². The molecule has 0 atom stereocenters.